The van der Waals surface area contributed by atoms with Gasteiger partial charge in [0.1, 0.15) is 12.7 Å². The van der Waals surface area contributed by atoms with Crippen LogP contribution in [0.15, 0.2) is 78.5 Å². The molecule has 5 nitrogen and oxygen atoms in total. The van der Waals surface area contributed by atoms with E-state index >= 15 is 0 Å². The SMILES string of the molecule is ON=C(c1ccccc1)C(Cn1cncn1)c1ccccc1. The highest BCUT2D eigenvalue weighted by molar-refractivity contribution is 6.04. The maximum atomic E-state index is 9.58. The van der Waals surface area contributed by atoms with Gasteiger partial charge in [-0.05, 0) is 11.1 Å². The fourth-order valence-corrected chi connectivity index (χ4v) is 2.49. The highest BCUT2D eigenvalue weighted by Crippen LogP contribution is 2.23. The molecule has 2 aromatic carbocycles. The Morgan fingerprint density at radius 2 is 1.73 bits per heavy atom. The number of oxime groups is 1. The van der Waals surface area contributed by atoms with E-state index in [1.54, 1.807) is 11.0 Å². The fraction of sp³-hybridized carbons (Fsp3) is 0.118. The topological polar surface area (TPSA) is 63.3 Å². The average molecular weight is 292 g/mol. The molecule has 0 bridgehead atoms. The maximum Gasteiger partial charge on any atom is 0.137 e. The molecule has 0 saturated carbocycles. The van der Waals surface area contributed by atoms with Gasteiger partial charge in [0.15, 0.2) is 0 Å². The number of rotatable bonds is 5. The summed E-state index contributed by atoms with van der Waals surface area (Å²) in [7, 11) is 0. The Morgan fingerprint density at radius 1 is 1.05 bits per heavy atom. The van der Waals surface area contributed by atoms with Crippen molar-refractivity contribution in [3.63, 3.8) is 0 Å². The minimum atomic E-state index is -0.115. The van der Waals surface area contributed by atoms with Gasteiger partial charge in [-0.1, -0.05) is 65.8 Å². The summed E-state index contributed by atoms with van der Waals surface area (Å²) in [6.45, 7) is 0.554. The molecule has 5 heteroatoms. The first-order valence-corrected chi connectivity index (χ1v) is 7.03. The van der Waals surface area contributed by atoms with Crippen LogP contribution in [0.4, 0.5) is 0 Å². The van der Waals surface area contributed by atoms with Crippen LogP contribution in [0.1, 0.15) is 17.0 Å². The van der Waals surface area contributed by atoms with Crippen LogP contribution in [-0.4, -0.2) is 25.7 Å². The van der Waals surface area contributed by atoms with Crippen LogP contribution in [0, 0.1) is 0 Å². The molecule has 1 aromatic heterocycles. The van der Waals surface area contributed by atoms with Gasteiger partial charge in [0.2, 0.25) is 0 Å². The van der Waals surface area contributed by atoms with Crippen molar-refractivity contribution in [2.75, 3.05) is 0 Å². The molecular weight excluding hydrogens is 276 g/mol. The second kappa shape index (κ2) is 6.67. The van der Waals surface area contributed by atoms with Crippen LogP contribution < -0.4 is 0 Å². The number of hydrogen-bond donors (Lipinski definition) is 1. The van der Waals surface area contributed by atoms with Crippen LogP contribution in [0.25, 0.3) is 0 Å². The fourth-order valence-electron chi connectivity index (χ4n) is 2.49. The van der Waals surface area contributed by atoms with Gasteiger partial charge in [0, 0.05) is 5.92 Å². The van der Waals surface area contributed by atoms with E-state index in [0.29, 0.717) is 12.3 Å². The Labute approximate surface area is 128 Å². The van der Waals surface area contributed by atoms with E-state index in [0.717, 1.165) is 11.1 Å². The predicted molar refractivity (Wildman–Crippen MR) is 84.0 cm³/mol. The van der Waals surface area contributed by atoms with Crippen molar-refractivity contribution in [1.29, 1.82) is 0 Å². The molecule has 22 heavy (non-hydrogen) atoms. The van der Waals surface area contributed by atoms with Crippen molar-refractivity contribution in [1.82, 2.24) is 14.8 Å². The summed E-state index contributed by atoms with van der Waals surface area (Å²) in [5.41, 5.74) is 2.57. The molecule has 0 amide bonds. The number of hydrogen-bond acceptors (Lipinski definition) is 4. The highest BCUT2D eigenvalue weighted by atomic mass is 16.4. The Bertz CT molecular complexity index is 724. The van der Waals surface area contributed by atoms with Gasteiger partial charge < -0.3 is 5.21 Å². The zero-order chi connectivity index (χ0) is 15.2. The van der Waals surface area contributed by atoms with Gasteiger partial charge in [-0.2, -0.15) is 5.10 Å². The molecule has 0 aliphatic rings. The van der Waals surface area contributed by atoms with Crippen molar-refractivity contribution in [3.05, 3.63) is 84.4 Å². The van der Waals surface area contributed by atoms with E-state index in [1.807, 2.05) is 60.7 Å². The summed E-state index contributed by atoms with van der Waals surface area (Å²) in [6, 6.07) is 19.6. The summed E-state index contributed by atoms with van der Waals surface area (Å²) in [5.74, 6) is -0.115. The number of benzene rings is 2. The minimum absolute atomic E-state index is 0.115. The first-order valence-electron chi connectivity index (χ1n) is 7.03. The molecule has 0 saturated heterocycles. The third kappa shape index (κ3) is 3.03. The molecule has 1 atom stereocenters. The molecule has 0 aliphatic carbocycles. The molecule has 0 spiro atoms. The van der Waals surface area contributed by atoms with Crippen LogP contribution in [0.3, 0.4) is 0 Å². The lowest BCUT2D eigenvalue weighted by molar-refractivity contribution is 0.316. The van der Waals surface area contributed by atoms with Crippen molar-refractivity contribution < 1.29 is 5.21 Å². The normalized spacial score (nSPS) is 13.0. The van der Waals surface area contributed by atoms with Crippen molar-refractivity contribution in [3.8, 4) is 0 Å². The third-order valence-corrected chi connectivity index (χ3v) is 3.55. The molecule has 0 aliphatic heterocycles. The highest BCUT2D eigenvalue weighted by Gasteiger charge is 2.21. The molecule has 0 radical (unpaired) electrons. The largest absolute Gasteiger partial charge is 0.411 e. The van der Waals surface area contributed by atoms with E-state index in [9.17, 15) is 5.21 Å². The number of aromatic nitrogens is 3. The van der Waals surface area contributed by atoms with E-state index < -0.39 is 0 Å². The molecule has 110 valence electrons. The van der Waals surface area contributed by atoms with Gasteiger partial charge >= 0.3 is 0 Å². The lowest BCUT2D eigenvalue weighted by atomic mass is 9.90. The smallest absolute Gasteiger partial charge is 0.137 e. The van der Waals surface area contributed by atoms with Gasteiger partial charge in [0.05, 0.1) is 12.3 Å². The second-order valence-corrected chi connectivity index (χ2v) is 4.93. The zero-order valence-corrected chi connectivity index (χ0v) is 11.9. The summed E-state index contributed by atoms with van der Waals surface area (Å²) >= 11 is 0. The molecule has 1 N–H and O–H groups in total. The van der Waals surface area contributed by atoms with E-state index in [-0.39, 0.29) is 5.92 Å². The summed E-state index contributed by atoms with van der Waals surface area (Å²) < 4.78 is 1.74. The lowest BCUT2D eigenvalue weighted by Gasteiger charge is -2.19. The van der Waals surface area contributed by atoms with Crippen molar-refractivity contribution in [2.45, 2.75) is 12.5 Å². The number of nitrogens with zero attached hydrogens (tertiary/aromatic N) is 4. The van der Waals surface area contributed by atoms with Gasteiger partial charge in [-0.15, -0.1) is 0 Å². The van der Waals surface area contributed by atoms with Gasteiger partial charge in [0.25, 0.3) is 0 Å². The Balaban J connectivity index is 2.00. The first-order chi connectivity index (χ1) is 10.9. The van der Waals surface area contributed by atoms with E-state index in [1.165, 1.54) is 6.33 Å². The summed E-state index contributed by atoms with van der Waals surface area (Å²) in [6.07, 6.45) is 3.16. The van der Waals surface area contributed by atoms with Crippen LogP contribution in [0.2, 0.25) is 0 Å². The Morgan fingerprint density at radius 3 is 2.32 bits per heavy atom. The Hall–Kier alpha value is -2.95. The van der Waals surface area contributed by atoms with E-state index in [2.05, 4.69) is 15.2 Å². The molecule has 0 fully saturated rings. The molecular formula is C17H16N4O. The zero-order valence-electron chi connectivity index (χ0n) is 11.9. The lowest BCUT2D eigenvalue weighted by Crippen LogP contribution is -2.20. The molecule has 1 unspecified atom stereocenters. The van der Waals surface area contributed by atoms with Crippen LogP contribution >= 0.6 is 0 Å². The maximum absolute atomic E-state index is 9.58. The molecule has 3 aromatic rings. The predicted octanol–water partition coefficient (Wildman–Crippen LogP) is 2.94. The standard InChI is InChI=1S/C17H16N4O/c22-20-17(15-9-5-2-6-10-15)16(11-21-13-18-12-19-21)14-7-3-1-4-8-14/h1-10,12-13,16,22H,11H2. The average Bonchev–Trinajstić information content (AvgIpc) is 3.10. The summed E-state index contributed by atoms with van der Waals surface area (Å²) in [5, 5.41) is 17.3. The minimum Gasteiger partial charge on any atom is -0.411 e. The van der Waals surface area contributed by atoms with Crippen molar-refractivity contribution >= 4 is 5.71 Å². The molecule has 3 rings (SSSR count). The van der Waals surface area contributed by atoms with Crippen molar-refractivity contribution in [2.24, 2.45) is 5.16 Å². The monoisotopic (exact) mass is 292 g/mol. The second-order valence-electron chi connectivity index (χ2n) is 4.93. The van der Waals surface area contributed by atoms with E-state index in [4.69, 9.17) is 0 Å². The molecule has 1 heterocycles. The third-order valence-electron chi connectivity index (χ3n) is 3.55. The first kappa shape index (κ1) is 14.0. The Kier molecular flexibility index (Phi) is 4.25. The van der Waals surface area contributed by atoms with Crippen LogP contribution in [0.5, 0.6) is 0 Å². The van der Waals surface area contributed by atoms with Gasteiger partial charge in [-0.3, -0.25) is 4.68 Å². The van der Waals surface area contributed by atoms with Crippen LogP contribution in [-0.2, 0) is 6.54 Å². The quantitative estimate of drug-likeness (QED) is 0.447. The summed E-state index contributed by atoms with van der Waals surface area (Å²) in [4.78, 5) is 3.98. The van der Waals surface area contributed by atoms with Gasteiger partial charge in [-0.25, -0.2) is 4.98 Å².